The van der Waals surface area contributed by atoms with E-state index in [0.29, 0.717) is 13.2 Å². The zero-order valence-corrected chi connectivity index (χ0v) is 17.5. The SMILES string of the molecule is COCCNC(=O)C1(C)CCCN(Cc2c(C)nn(-c3ccccc3)c2C)C1. The first-order valence-corrected chi connectivity index (χ1v) is 10.0. The topological polar surface area (TPSA) is 59.4 Å². The Kier molecular flexibility index (Phi) is 6.52. The molecule has 1 aromatic heterocycles. The maximum atomic E-state index is 12.7. The molecule has 1 N–H and O–H groups in total. The lowest BCUT2D eigenvalue weighted by Crippen LogP contribution is -2.50. The number of nitrogens with one attached hydrogen (secondary N) is 1. The zero-order chi connectivity index (χ0) is 20.1. The molecule has 1 aliphatic rings. The number of carbonyl (C=O) groups excluding carboxylic acids is 1. The summed E-state index contributed by atoms with van der Waals surface area (Å²) in [5.74, 6) is 0.127. The number of ether oxygens (including phenoxy) is 1. The summed E-state index contributed by atoms with van der Waals surface area (Å²) in [5, 5.41) is 7.78. The lowest BCUT2D eigenvalue weighted by atomic mass is 9.80. The molecular weight excluding hydrogens is 352 g/mol. The fourth-order valence-electron chi connectivity index (χ4n) is 4.09. The molecule has 1 aromatic carbocycles. The quantitative estimate of drug-likeness (QED) is 0.746. The number of hydrogen-bond acceptors (Lipinski definition) is 4. The number of para-hydroxylation sites is 1. The average Bonchev–Trinajstić information content (AvgIpc) is 2.97. The van der Waals surface area contributed by atoms with Crippen molar-refractivity contribution in [2.75, 3.05) is 33.4 Å². The normalized spacial score (nSPS) is 20.3. The largest absolute Gasteiger partial charge is 0.383 e. The first-order chi connectivity index (χ1) is 13.4. The Morgan fingerprint density at radius 2 is 2.04 bits per heavy atom. The Balaban J connectivity index is 1.72. The standard InChI is InChI=1S/C22H32N4O2/c1-17-20(18(2)26(24-17)19-9-6-5-7-10-19)15-25-13-8-11-22(3,16-25)21(27)23-12-14-28-4/h5-7,9-10H,8,11-16H2,1-4H3,(H,23,27). The highest BCUT2D eigenvalue weighted by molar-refractivity contribution is 5.82. The van der Waals surface area contributed by atoms with E-state index in [2.05, 4.69) is 43.1 Å². The van der Waals surface area contributed by atoms with Crippen molar-refractivity contribution in [1.82, 2.24) is 20.0 Å². The molecule has 1 atom stereocenters. The number of methoxy groups -OCH3 is 1. The van der Waals surface area contributed by atoms with Gasteiger partial charge >= 0.3 is 0 Å². The van der Waals surface area contributed by atoms with Gasteiger partial charge in [0, 0.05) is 38.0 Å². The maximum Gasteiger partial charge on any atom is 0.227 e. The van der Waals surface area contributed by atoms with E-state index in [1.165, 1.54) is 11.3 Å². The predicted octanol–water partition coefficient (Wildman–Crippen LogP) is 2.85. The summed E-state index contributed by atoms with van der Waals surface area (Å²) < 4.78 is 7.06. The van der Waals surface area contributed by atoms with Crippen LogP contribution in [0.4, 0.5) is 0 Å². The van der Waals surface area contributed by atoms with Crippen LogP contribution in [-0.2, 0) is 16.1 Å². The molecule has 1 amide bonds. The van der Waals surface area contributed by atoms with Crippen LogP contribution in [0, 0.1) is 19.3 Å². The molecule has 0 saturated carbocycles. The van der Waals surface area contributed by atoms with Crippen LogP contribution < -0.4 is 5.32 Å². The van der Waals surface area contributed by atoms with Crippen molar-refractivity contribution < 1.29 is 9.53 Å². The number of nitrogens with zero attached hydrogens (tertiary/aromatic N) is 3. The van der Waals surface area contributed by atoms with Gasteiger partial charge in [-0.15, -0.1) is 0 Å². The maximum absolute atomic E-state index is 12.7. The van der Waals surface area contributed by atoms with Gasteiger partial charge in [-0.25, -0.2) is 4.68 Å². The van der Waals surface area contributed by atoms with Gasteiger partial charge < -0.3 is 10.1 Å². The highest BCUT2D eigenvalue weighted by Gasteiger charge is 2.37. The molecule has 0 radical (unpaired) electrons. The highest BCUT2D eigenvalue weighted by atomic mass is 16.5. The van der Waals surface area contributed by atoms with Crippen LogP contribution in [0.3, 0.4) is 0 Å². The minimum absolute atomic E-state index is 0.127. The second kappa shape index (κ2) is 8.88. The van der Waals surface area contributed by atoms with Crippen LogP contribution in [0.25, 0.3) is 5.69 Å². The van der Waals surface area contributed by atoms with Gasteiger partial charge in [-0.1, -0.05) is 18.2 Å². The van der Waals surface area contributed by atoms with Crippen LogP contribution in [0.2, 0.25) is 0 Å². The van der Waals surface area contributed by atoms with E-state index in [4.69, 9.17) is 9.84 Å². The Labute approximate surface area is 167 Å². The average molecular weight is 385 g/mol. The van der Waals surface area contributed by atoms with Crippen LogP contribution in [-0.4, -0.2) is 53.9 Å². The summed E-state index contributed by atoms with van der Waals surface area (Å²) in [6.45, 7) is 9.98. The molecule has 6 nitrogen and oxygen atoms in total. The number of piperidine rings is 1. The monoisotopic (exact) mass is 384 g/mol. The van der Waals surface area contributed by atoms with Crippen LogP contribution in [0.15, 0.2) is 30.3 Å². The van der Waals surface area contributed by atoms with Gasteiger partial charge in [0.1, 0.15) is 0 Å². The molecule has 1 saturated heterocycles. The number of amides is 1. The molecule has 28 heavy (non-hydrogen) atoms. The molecule has 152 valence electrons. The third-order valence-corrected chi connectivity index (χ3v) is 5.74. The number of hydrogen-bond donors (Lipinski definition) is 1. The van der Waals surface area contributed by atoms with Gasteiger partial charge in [-0.2, -0.15) is 5.10 Å². The van der Waals surface area contributed by atoms with Gasteiger partial charge in [0.05, 0.1) is 23.4 Å². The molecule has 3 rings (SSSR count). The fourth-order valence-corrected chi connectivity index (χ4v) is 4.09. The lowest BCUT2D eigenvalue weighted by molar-refractivity contribution is -0.133. The number of likely N-dealkylation sites (tertiary alicyclic amines) is 1. The molecule has 1 fully saturated rings. The molecule has 2 aromatic rings. The summed E-state index contributed by atoms with van der Waals surface area (Å²) in [4.78, 5) is 15.1. The van der Waals surface area contributed by atoms with E-state index < -0.39 is 0 Å². The Morgan fingerprint density at radius 1 is 1.29 bits per heavy atom. The summed E-state index contributed by atoms with van der Waals surface area (Å²) in [6.07, 6.45) is 1.95. The number of aryl methyl sites for hydroxylation is 1. The second-order valence-corrected chi connectivity index (χ2v) is 8.02. The summed E-state index contributed by atoms with van der Waals surface area (Å²) in [6, 6.07) is 10.2. The van der Waals surface area contributed by atoms with Crippen molar-refractivity contribution in [2.45, 2.75) is 40.2 Å². The number of aromatic nitrogens is 2. The van der Waals surface area contributed by atoms with E-state index in [1.54, 1.807) is 7.11 Å². The van der Waals surface area contributed by atoms with Crippen molar-refractivity contribution in [3.8, 4) is 5.69 Å². The molecule has 1 unspecified atom stereocenters. The van der Waals surface area contributed by atoms with Crippen molar-refractivity contribution in [1.29, 1.82) is 0 Å². The summed E-state index contributed by atoms with van der Waals surface area (Å²) in [7, 11) is 1.65. The molecule has 1 aliphatic heterocycles. The minimum Gasteiger partial charge on any atom is -0.383 e. The Bertz CT molecular complexity index is 802. The van der Waals surface area contributed by atoms with Crippen molar-refractivity contribution in [3.05, 3.63) is 47.3 Å². The van der Waals surface area contributed by atoms with E-state index in [0.717, 1.165) is 43.9 Å². The first kappa shape index (κ1) is 20.6. The number of carbonyl (C=O) groups is 1. The predicted molar refractivity (Wildman–Crippen MR) is 111 cm³/mol. The smallest absolute Gasteiger partial charge is 0.227 e. The molecule has 6 heteroatoms. The highest BCUT2D eigenvalue weighted by Crippen LogP contribution is 2.31. The molecule has 0 spiro atoms. The van der Waals surface area contributed by atoms with E-state index in [9.17, 15) is 4.79 Å². The molecule has 0 bridgehead atoms. The van der Waals surface area contributed by atoms with Gasteiger partial charge in [-0.3, -0.25) is 9.69 Å². The number of benzene rings is 1. The van der Waals surface area contributed by atoms with Gasteiger partial charge in [0.2, 0.25) is 5.91 Å². The van der Waals surface area contributed by atoms with Crippen LogP contribution in [0.1, 0.15) is 36.7 Å². The summed E-state index contributed by atoms with van der Waals surface area (Å²) in [5.41, 5.74) is 4.20. The zero-order valence-electron chi connectivity index (χ0n) is 17.5. The first-order valence-electron chi connectivity index (χ1n) is 10.0. The lowest BCUT2D eigenvalue weighted by Gasteiger charge is -2.39. The number of rotatable bonds is 7. The third-order valence-electron chi connectivity index (χ3n) is 5.74. The minimum atomic E-state index is -0.358. The van der Waals surface area contributed by atoms with E-state index in [-0.39, 0.29) is 11.3 Å². The van der Waals surface area contributed by atoms with E-state index in [1.807, 2.05) is 22.9 Å². The van der Waals surface area contributed by atoms with Crippen LogP contribution in [0.5, 0.6) is 0 Å². The van der Waals surface area contributed by atoms with Gasteiger partial charge in [0.15, 0.2) is 0 Å². The van der Waals surface area contributed by atoms with Crippen molar-refractivity contribution in [3.63, 3.8) is 0 Å². The Hall–Kier alpha value is -2.18. The summed E-state index contributed by atoms with van der Waals surface area (Å²) >= 11 is 0. The van der Waals surface area contributed by atoms with Crippen LogP contribution >= 0.6 is 0 Å². The van der Waals surface area contributed by atoms with Crippen molar-refractivity contribution in [2.24, 2.45) is 5.41 Å². The van der Waals surface area contributed by atoms with Gasteiger partial charge in [0.25, 0.3) is 0 Å². The third kappa shape index (κ3) is 4.45. The van der Waals surface area contributed by atoms with E-state index >= 15 is 0 Å². The fraction of sp³-hybridized carbons (Fsp3) is 0.545. The molecule has 2 heterocycles. The van der Waals surface area contributed by atoms with Crippen molar-refractivity contribution >= 4 is 5.91 Å². The molecule has 0 aliphatic carbocycles. The Morgan fingerprint density at radius 3 is 2.75 bits per heavy atom. The second-order valence-electron chi connectivity index (χ2n) is 8.02. The molecular formula is C22H32N4O2. The van der Waals surface area contributed by atoms with Gasteiger partial charge in [-0.05, 0) is 52.3 Å².